The van der Waals surface area contributed by atoms with Crippen LogP contribution in [0.5, 0.6) is 0 Å². The lowest BCUT2D eigenvalue weighted by atomic mass is 10.1. The molecule has 2 N–H and O–H groups in total. The average Bonchev–Trinajstić information content (AvgIpc) is 2.10. The summed E-state index contributed by atoms with van der Waals surface area (Å²) in [4.78, 5) is 23.3. The molecule has 0 aliphatic heterocycles. The maximum atomic E-state index is 11.6. The van der Waals surface area contributed by atoms with Crippen LogP contribution >= 0.6 is 0 Å². The second kappa shape index (κ2) is 7.23. The second-order valence-corrected chi connectivity index (χ2v) is 3.85. The lowest BCUT2D eigenvalue weighted by molar-refractivity contribution is -0.138. The van der Waals surface area contributed by atoms with E-state index in [1.165, 1.54) is 4.90 Å². The Labute approximate surface area is 89.7 Å². The molecule has 15 heavy (non-hydrogen) atoms. The second-order valence-electron chi connectivity index (χ2n) is 3.85. The summed E-state index contributed by atoms with van der Waals surface area (Å²) in [5.41, 5.74) is 0. The Morgan fingerprint density at radius 3 is 2.27 bits per heavy atom. The van der Waals surface area contributed by atoms with E-state index in [2.05, 4.69) is 0 Å². The molecular weight excluding hydrogens is 198 g/mol. The summed E-state index contributed by atoms with van der Waals surface area (Å²) in [6.45, 7) is 4.09. The van der Waals surface area contributed by atoms with Gasteiger partial charge in [-0.3, -0.25) is 9.59 Å². The number of carbonyl (C=O) groups is 2. The minimum atomic E-state index is -0.935. The van der Waals surface area contributed by atoms with Gasteiger partial charge in [-0.2, -0.15) is 0 Å². The van der Waals surface area contributed by atoms with Crippen molar-refractivity contribution in [3.63, 3.8) is 0 Å². The molecule has 0 heterocycles. The molecule has 0 fully saturated rings. The maximum absolute atomic E-state index is 11.6. The maximum Gasteiger partial charge on any atom is 0.305 e. The molecule has 5 heteroatoms. The van der Waals surface area contributed by atoms with Gasteiger partial charge in [-0.05, 0) is 5.92 Å². The first-order valence-corrected chi connectivity index (χ1v) is 5.07. The number of carboxylic acids is 1. The molecule has 88 valence electrons. The monoisotopic (exact) mass is 217 g/mol. The van der Waals surface area contributed by atoms with E-state index >= 15 is 0 Å². The number of rotatable bonds is 7. The summed E-state index contributed by atoms with van der Waals surface area (Å²) >= 11 is 0. The Morgan fingerprint density at radius 2 is 1.87 bits per heavy atom. The Balaban J connectivity index is 4.11. The van der Waals surface area contributed by atoms with E-state index in [1.807, 2.05) is 13.8 Å². The smallest absolute Gasteiger partial charge is 0.305 e. The third kappa shape index (κ3) is 6.90. The van der Waals surface area contributed by atoms with Crippen LogP contribution in [-0.4, -0.2) is 46.7 Å². The van der Waals surface area contributed by atoms with Crippen molar-refractivity contribution in [2.75, 3.05) is 19.7 Å². The molecule has 0 bridgehead atoms. The van der Waals surface area contributed by atoms with E-state index in [4.69, 9.17) is 10.2 Å². The minimum Gasteiger partial charge on any atom is -0.481 e. The number of carbonyl (C=O) groups excluding carboxylic acids is 1. The fourth-order valence-electron chi connectivity index (χ4n) is 1.19. The Kier molecular flexibility index (Phi) is 6.70. The van der Waals surface area contributed by atoms with Crippen molar-refractivity contribution in [1.82, 2.24) is 4.90 Å². The van der Waals surface area contributed by atoms with Gasteiger partial charge in [0.05, 0.1) is 13.0 Å². The predicted molar refractivity (Wildman–Crippen MR) is 55.4 cm³/mol. The normalized spacial score (nSPS) is 10.4. The molecule has 0 aliphatic rings. The fraction of sp³-hybridized carbons (Fsp3) is 0.800. The van der Waals surface area contributed by atoms with Gasteiger partial charge >= 0.3 is 5.97 Å². The minimum absolute atomic E-state index is 0.0795. The highest BCUT2D eigenvalue weighted by Crippen LogP contribution is 2.04. The molecule has 0 aromatic heterocycles. The number of aliphatic hydroxyl groups is 1. The largest absolute Gasteiger partial charge is 0.481 e. The zero-order valence-electron chi connectivity index (χ0n) is 9.27. The highest BCUT2D eigenvalue weighted by Gasteiger charge is 2.15. The molecule has 0 rings (SSSR count). The molecule has 0 atom stereocenters. The van der Waals surface area contributed by atoms with Gasteiger partial charge < -0.3 is 15.1 Å². The Bertz CT molecular complexity index is 215. The van der Waals surface area contributed by atoms with Crippen molar-refractivity contribution in [3.8, 4) is 0 Å². The Hall–Kier alpha value is -1.10. The van der Waals surface area contributed by atoms with Gasteiger partial charge in [0.15, 0.2) is 0 Å². The van der Waals surface area contributed by atoms with Gasteiger partial charge in [0, 0.05) is 19.5 Å². The van der Waals surface area contributed by atoms with E-state index in [0.29, 0.717) is 6.42 Å². The summed E-state index contributed by atoms with van der Waals surface area (Å²) in [7, 11) is 0. The number of carboxylic acid groups (broad SMARTS) is 1. The van der Waals surface area contributed by atoms with Gasteiger partial charge in [0.2, 0.25) is 5.91 Å². The first-order valence-electron chi connectivity index (χ1n) is 5.07. The highest BCUT2D eigenvalue weighted by molar-refractivity contribution is 5.77. The zero-order chi connectivity index (χ0) is 11.8. The number of hydrogen-bond acceptors (Lipinski definition) is 3. The quantitative estimate of drug-likeness (QED) is 0.644. The molecule has 0 aromatic rings. The van der Waals surface area contributed by atoms with E-state index in [9.17, 15) is 9.59 Å². The summed E-state index contributed by atoms with van der Waals surface area (Å²) in [5, 5.41) is 17.2. The standard InChI is InChI=1S/C10H19NO4/c1-8(2)7-9(13)11(5-6-12)4-3-10(14)15/h8,12H,3-7H2,1-2H3,(H,14,15). The third-order valence-corrected chi connectivity index (χ3v) is 1.90. The van der Waals surface area contributed by atoms with Gasteiger partial charge in [-0.1, -0.05) is 13.8 Å². The molecule has 0 saturated carbocycles. The first kappa shape index (κ1) is 13.9. The van der Waals surface area contributed by atoms with Crippen LogP contribution in [0, 0.1) is 5.92 Å². The predicted octanol–water partition coefficient (Wildman–Crippen LogP) is 0.328. The third-order valence-electron chi connectivity index (χ3n) is 1.90. The lowest BCUT2D eigenvalue weighted by Gasteiger charge is -2.21. The van der Waals surface area contributed by atoms with E-state index in [1.54, 1.807) is 0 Å². The summed E-state index contributed by atoms with van der Waals surface area (Å²) in [5.74, 6) is -0.792. The lowest BCUT2D eigenvalue weighted by Crippen LogP contribution is -2.35. The number of aliphatic hydroxyl groups excluding tert-OH is 1. The summed E-state index contributed by atoms with van der Waals surface area (Å²) in [6.07, 6.45) is 0.309. The van der Waals surface area contributed by atoms with Crippen molar-refractivity contribution in [3.05, 3.63) is 0 Å². The molecule has 0 aromatic carbocycles. The topological polar surface area (TPSA) is 77.8 Å². The van der Waals surface area contributed by atoms with Crippen molar-refractivity contribution in [2.45, 2.75) is 26.7 Å². The highest BCUT2D eigenvalue weighted by atomic mass is 16.4. The molecule has 0 aliphatic carbocycles. The number of hydrogen-bond donors (Lipinski definition) is 2. The van der Waals surface area contributed by atoms with Crippen LogP contribution in [-0.2, 0) is 9.59 Å². The van der Waals surface area contributed by atoms with E-state index in [-0.39, 0.29) is 37.9 Å². The number of aliphatic carboxylic acids is 1. The van der Waals surface area contributed by atoms with Crippen molar-refractivity contribution < 1.29 is 19.8 Å². The number of nitrogens with zero attached hydrogens (tertiary/aromatic N) is 1. The molecule has 1 amide bonds. The van der Waals surface area contributed by atoms with Crippen molar-refractivity contribution >= 4 is 11.9 Å². The zero-order valence-corrected chi connectivity index (χ0v) is 9.27. The van der Waals surface area contributed by atoms with Crippen LogP contribution in [0.25, 0.3) is 0 Å². The van der Waals surface area contributed by atoms with Crippen LogP contribution in [0.15, 0.2) is 0 Å². The molecule has 5 nitrogen and oxygen atoms in total. The van der Waals surface area contributed by atoms with Crippen LogP contribution < -0.4 is 0 Å². The van der Waals surface area contributed by atoms with Crippen molar-refractivity contribution in [2.24, 2.45) is 5.92 Å². The molecular formula is C10H19NO4. The van der Waals surface area contributed by atoms with E-state index in [0.717, 1.165) is 0 Å². The first-order chi connectivity index (χ1) is 6.97. The van der Waals surface area contributed by atoms with Crippen molar-refractivity contribution in [1.29, 1.82) is 0 Å². The van der Waals surface area contributed by atoms with Crippen LogP contribution in [0.2, 0.25) is 0 Å². The van der Waals surface area contributed by atoms with Crippen LogP contribution in [0.4, 0.5) is 0 Å². The van der Waals surface area contributed by atoms with Crippen LogP contribution in [0.3, 0.4) is 0 Å². The molecule has 0 unspecified atom stereocenters. The number of amides is 1. The molecule has 0 saturated heterocycles. The van der Waals surface area contributed by atoms with Gasteiger partial charge in [-0.25, -0.2) is 0 Å². The van der Waals surface area contributed by atoms with Gasteiger partial charge in [-0.15, -0.1) is 0 Å². The van der Waals surface area contributed by atoms with Crippen LogP contribution in [0.1, 0.15) is 26.7 Å². The summed E-state index contributed by atoms with van der Waals surface area (Å²) in [6, 6.07) is 0. The molecule has 0 radical (unpaired) electrons. The Morgan fingerprint density at radius 1 is 1.27 bits per heavy atom. The van der Waals surface area contributed by atoms with Gasteiger partial charge in [0.1, 0.15) is 0 Å². The fourth-order valence-corrected chi connectivity index (χ4v) is 1.19. The summed E-state index contributed by atoms with van der Waals surface area (Å²) < 4.78 is 0. The van der Waals surface area contributed by atoms with E-state index < -0.39 is 5.97 Å². The van der Waals surface area contributed by atoms with Gasteiger partial charge in [0.25, 0.3) is 0 Å². The SMILES string of the molecule is CC(C)CC(=O)N(CCO)CCC(=O)O. The average molecular weight is 217 g/mol. The molecule has 0 spiro atoms.